The molecule has 14 nitrogen and oxygen atoms in total. The smallest absolute Gasteiger partial charge is 0.329 e. The molecule has 14 heteroatoms. The molecule has 2 unspecified atom stereocenters. The summed E-state index contributed by atoms with van der Waals surface area (Å²) in [6, 6.07) is -1.17. The Balaban J connectivity index is 1.75. The third-order valence-electron chi connectivity index (χ3n) is 14.1. The van der Waals surface area contributed by atoms with Crippen LogP contribution in [0.5, 0.6) is 0 Å². The van der Waals surface area contributed by atoms with Crippen LogP contribution < -0.4 is 0 Å². The predicted octanol–water partition coefficient (Wildman–Crippen LogP) is 6.24. The summed E-state index contributed by atoms with van der Waals surface area (Å²) in [5.41, 5.74) is 1.59. The maximum absolute atomic E-state index is 14.5. The van der Waals surface area contributed by atoms with Gasteiger partial charge >= 0.3 is 11.9 Å². The molecule has 3 aliphatic heterocycles. The third kappa shape index (κ3) is 13.0. The number of piperidine rings is 1. The lowest BCUT2D eigenvalue weighted by Crippen LogP contribution is -2.64. The maximum atomic E-state index is 14.5. The van der Waals surface area contributed by atoms with Gasteiger partial charge in [0.25, 0.3) is 11.7 Å². The number of nitrogens with zero attached hydrogens (tertiary/aromatic N) is 1. The van der Waals surface area contributed by atoms with Gasteiger partial charge in [0.05, 0.1) is 30.3 Å². The number of ether oxygens (including phenoxy) is 6. The fourth-order valence-electron chi connectivity index (χ4n) is 9.97. The molecule has 0 aromatic rings. The second-order valence-corrected chi connectivity index (χ2v) is 19.0. The molecular weight excluding hydrogens is 811 g/mol. The molecule has 4 aliphatic rings. The van der Waals surface area contributed by atoms with Crippen LogP contribution in [0.2, 0.25) is 0 Å². The molecule has 0 spiro atoms. The van der Waals surface area contributed by atoms with E-state index in [1.54, 1.807) is 27.0 Å². The minimum Gasteiger partial charge on any atom is -0.459 e. The van der Waals surface area contributed by atoms with Gasteiger partial charge in [0.2, 0.25) is 5.79 Å². The number of esters is 2. The summed E-state index contributed by atoms with van der Waals surface area (Å²) in [4.78, 5) is 71.0. The lowest BCUT2D eigenvalue weighted by molar-refractivity contribution is -0.302. The van der Waals surface area contributed by atoms with Crippen molar-refractivity contribution in [1.82, 2.24) is 4.90 Å². The van der Waals surface area contributed by atoms with E-state index >= 15 is 0 Å². The monoisotopic (exact) mass is 888 g/mol. The van der Waals surface area contributed by atoms with E-state index in [-0.39, 0.29) is 61.4 Å². The minimum atomic E-state index is -2.53. The first-order valence-corrected chi connectivity index (χ1v) is 23.3. The zero-order valence-electron chi connectivity index (χ0n) is 39.5. The highest BCUT2D eigenvalue weighted by Crippen LogP contribution is 2.39. The Bertz CT molecular complexity index is 1660. The lowest BCUT2D eigenvalue weighted by atomic mass is 9.81. The highest BCUT2D eigenvalue weighted by Gasteiger charge is 2.56. The Hall–Kier alpha value is -3.27. The number of allylic oxidation sites excluding steroid dienone is 4. The maximum Gasteiger partial charge on any atom is 0.329 e. The molecule has 3 heterocycles. The molecule has 3 fully saturated rings. The number of amides is 1. The molecule has 2 N–H and O–H groups in total. The van der Waals surface area contributed by atoms with Gasteiger partial charge < -0.3 is 43.5 Å². The van der Waals surface area contributed by atoms with Gasteiger partial charge in [0.1, 0.15) is 30.1 Å². The number of aliphatic hydroxyl groups excluding tert-OH is 1. The number of carbonyl (C=O) groups is 5. The third-order valence-corrected chi connectivity index (χ3v) is 14.1. The zero-order chi connectivity index (χ0) is 46.8. The van der Waals surface area contributed by atoms with Crippen LogP contribution in [0, 0.1) is 35.5 Å². The zero-order valence-corrected chi connectivity index (χ0v) is 39.5. The first-order valence-electron chi connectivity index (χ1n) is 23.3. The molecule has 4 rings (SSSR count). The van der Waals surface area contributed by atoms with Crippen molar-refractivity contribution >= 4 is 29.4 Å². The standard InChI is InChI=1S/C49H77NO13/c1-12-16-35-22-28(3)21-29(4)23-41(59-10)44-42(60-11)25-32(7)49(57,63-44)45(53)46(54)50-20-15-14-17-36(50)48(56)62-43(33(8)37(51)27-38(35)52)31(6)24-34-18-19-39(40(26-34)58-9)61-47(55)30(5)13-2/h12,22,24,29-30,32-37,39-44,51,57H,1,13-21,23,25-27H2,2-11H3/b28-22+,31-24+/t29-,30?,32+,33+,34-,35+,36-,37-,39+,40+,41-,42-,43+,44?,49+/m0/s1. The number of methoxy groups -OCH3 is 3. The van der Waals surface area contributed by atoms with Crippen LogP contribution in [0.25, 0.3) is 0 Å². The highest BCUT2D eigenvalue weighted by atomic mass is 16.7. The van der Waals surface area contributed by atoms with Gasteiger partial charge in [0.15, 0.2) is 0 Å². The van der Waals surface area contributed by atoms with Crippen molar-refractivity contribution in [2.75, 3.05) is 27.9 Å². The Kier molecular flexibility index (Phi) is 19.8. The SMILES string of the molecule is C=CC[C@@H]1/C=C(\C)C[C@H](C)C[C@H](OC)C2O[C@@](O)(C(=O)C(=O)N3CCCC[C@H]3C(=O)O[C@H](/C(C)=C/[C@@H]3CC[C@@H](OC(=O)C(C)CC)[C@H](OC)C3)[C@H](C)[C@@H](O)CC1=O)[C@H](C)C[C@@H]2OC. The molecule has 2 saturated heterocycles. The van der Waals surface area contributed by atoms with Gasteiger partial charge in [-0.25, -0.2) is 4.79 Å². The summed E-state index contributed by atoms with van der Waals surface area (Å²) in [5.74, 6) is -8.42. The van der Waals surface area contributed by atoms with Crippen molar-refractivity contribution in [2.45, 2.75) is 180 Å². The van der Waals surface area contributed by atoms with Gasteiger partial charge in [-0.05, 0) is 102 Å². The summed E-state index contributed by atoms with van der Waals surface area (Å²) in [6.45, 7) is 16.9. The van der Waals surface area contributed by atoms with Crippen molar-refractivity contribution in [3.05, 3.63) is 36.0 Å². The second-order valence-electron chi connectivity index (χ2n) is 19.0. The van der Waals surface area contributed by atoms with Crippen molar-refractivity contribution < 1.29 is 62.6 Å². The van der Waals surface area contributed by atoms with Gasteiger partial charge in [-0.2, -0.15) is 0 Å². The number of ketones is 2. The van der Waals surface area contributed by atoms with Gasteiger partial charge in [-0.15, -0.1) is 6.58 Å². The topological polar surface area (TPSA) is 184 Å². The largest absolute Gasteiger partial charge is 0.459 e. The molecule has 1 aliphatic carbocycles. The lowest BCUT2D eigenvalue weighted by Gasteiger charge is -2.47. The van der Waals surface area contributed by atoms with E-state index in [2.05, 4.69) is 6.58 Å². The van der Waals surface area contributed by atoms with E-state index in [9.17, 15) is 34.2 Å². The first kappa shape index (κ1) is 52.4. The number of Topliss-reactive ketones (excluding diaryl/α,β-unsaturated/α-hetero) is 2. The molecule has 15 atom stereocenters. The molecule has 0 aromatic heterocycles. The number of hydrogen-bond donors (Lipinski definition) is 2. The Morgan fingerprint density at radius 3 is 2.27 bits per heavy atom. The molecule has 0 aromatic carbocycles. The summed E-state index contributed by atoms with van der Waals surface area (Å²) >= 11 is 0. The van der Waals surface area contributed by atoms with Crippen molar-refractivity contribution in [3.63, 3.8) is 0 Å². The van der Waals surface area contributed by atoms with E-state index in [4.69, 9.17) is 28.4 Å². The van der Waals surface area contributed by atoms with Crippen LogP contribution in [-0.2, 0) is 52.4 Å². The van der Waals surface area contributed by atoms with Crippen LogP contribution in [0.4, 0.5) is 0 Å². The summed E-state index contributed by atoms with van der Waals surface area (Å²) in [6.07, 6.45) is 5.59. The summed E-state index contributed by atoms with van der Waals surface area (Å²) in [5, 5.41) is 23.9. The quantitative estimate of drug-likeness (QED) is 0.143. The van der Waals surface area contributed by atoms with Crippen LogP contribution in [-0.4, -0.2) is 127 Å². The van der Waals surface area contributed by atoms with Gasteiger partial charge in [-0.3, -0.25) is 19.2 Å². The number of fused-ring (bicyclic) bond motifs is 3. The normalized spacial score (nSPS) is 38.6. The summed E-state index contributed by atoms with van der Waals surface area (Å²) < 4.78 is 36.0. The predicted molar refractivity (Wildman–Crippen MR) is 236 cm³/mol. The van der Waals surface area contributed by atoms with E-state index < -0.39 is 83.9 Å². The first-order chi connectivity index (χ1) is 29.8. The number of rotatable bonds is 10. The molecule has 1 amide bonds. The van der Waals surface area contributed by atoms with Crippen molar-refractivity contribution in [2.24, 2.45) is 35.5 Å². The Morgan fingerprint density at radius 1 is 0.968 bits per heavy atom. The number of cyclic esters (lactones) is 1. The van der Waals surface area contributed by atoms with E-state index in [1.807, 2.05) is 46.8 Å². The van der Waals surface area contributed by atoms with Crippen LogP contribution in [0.1, 0.15) is 126 Å². The molecule has 356 valence electrons. The number of carbonyl (C=O) groups excluding carboxylic acids is 5. The Labute approximate surface area is 375 Å². The molecule has 2 bridgehead atoms. The fourth-order valence-corrected chi connectivity index (χ4v) is 9.97. The highest BCUT2D eigenvalue weighted by molar-refractivity contribution is 6.39. The van der Waals surface area contributed by atoms with E-state index in [0.717, 1.165) is 5.57 Å². The summed E-state index contributed by atoms with van der Waals surface area (Å²) in [7, 11) is 4.64. The molecule has 63 heavy (non-hydrogen) atoms. The second kappa shape index (κ2) is 23.8. The molecular formula is C49H77NO13. The van der Waals surface area contributed by atoms with Crippen molar-refractivity contribution in [1.29, 1.82) is 0 Å². The Morgan fingerprint density at radius 2 is 1.63 bits per heavy atom. The minimum absolute atomic E-state index is 0.00179. The van der Waals surface area contributed by atoms with E-state index in [1.165, 1.54) is 19.1 Å². The number of aliphatic hydroxyl groups is 2. The van der Waals surface area contributed by atoms with E-state index in [0.29, 0.717) is 63.4 Å². The number of hydrogen-bond acceptors (Lipinski definition) is 13. The van der Waals surface area contributed by atoms with Crippen molar-refractivity contribution in [3.8, 4) is 0 Å². The average Bonchev–Trinajstić information content (AvgIpc) is 3.26. The molecule has 1 saturated carbocycles. The fraction of sp³-hybridized carbons (Fsp3) is 0.776. The van der Waals surface area contributed by atoms with Crippen LogP contribution in [0.15, 0.2) is 36.0 Å². The van der Waals surface area contributed by atoms with Gasteiger partial charge in [-0.1, -0.05) is 58.4 Å². The van der Waals surface area contributed by atoms with Crippen LogP contribution >= 0.6 is 0 Å². The average molecular weight is 888 g/mol. The molecule has 0 radical (unpaired) electrons. The van der Waals surface area contributed by atoms with Gasteiger partial charge in [0, 0.05) is 52.0 Å². The van der Waals surface area contributed by atoms with Crippen LogP contribution in [0.3, 0.4) is 0 Å².